The maximum atomic E-state index is 12.7. The molecule has 6 nitrogen and oxygen atoms in total. The summed E-state index contributed by atoms with van der Waals surface area (Å²) >= 11 is 0. The number of aromatic nitrogens is 1. The van der Waals surface area contributed by atoms with E-state index in [1.165, 1.54) is 4.90 Å². The average Bonchev–Trinajstić information content (AvgIpc) is 2.48. The van der Waals surface area contributed by atoms with E-state index in [9.17, 15) is 27.6 Å². The second kappa shape index (κ2) is 6.43. The fourth-order valence-electron chi connectivity index (χ4n) is 2.50. The van der Waals surface area contributed by atoms with Gasteiger partial charge in [0.05, 0.1) is 11.5 Å². The molecule has 2 heterocycles. The Labute approximate surface area is 129 Å². The van der Waals surface area contributed by atoms with Crippen LogP contribution in [0.3, 0.4) is 0 Å². The highest BCUT2D eigenvalue weighted by Gasteiger charge is 2.32. The lowest BCUT2D eigenvalue weighted by Gasteiger charge is -2.31. The molecule has 0 saturated carbocycles. The molecule has 0 unspecified atom stereocenters. The molecule has 2 amide bonds. The first-order valence-electron chi connectivity index (χ1n) is 7.03. The summed E-state index contributed by atoms with van der Waals surface area (Å²) in [6.07, 6.45) is -2.82. The van der Waals surface area contributed by atoms with Crippen LogP contribution in [0, 0.1) is 5.92 Å². The molecule has 1 aromatic heterocycles. The van der Waals surface area contributed by atoms with Crippen LogP contribution in [0.25, 0.3) is 0 Å². The lowest BCUT2D eigenvalue weighted by molar-refractivity contribution is -0.139. The number of nitrogens with zero attached hydrogens (tertiary/aromatic N) is 2. The number of amides is 2. The van der Waals surface area contributed by atoms with Crippen molar-refractivity contribution in [1.82, 2.24) is 9.47 Å². The number of hydrogen-bond acceptors (Lipinski definition) is 3. The zero-order chi connectivity index (χ0) is 17.2. The predicted octanol–water partition coefficient (Wildman–Crippen LogP) is 0.591. The highest BCUT2D eigenvalue weighted by Crippen LogP contribution is 2.28. The molecular weight excluding hydrogens is 315 g/mol. The second-order valence-electron chi connectivity index (χ2n) is 5.46. The van der Waals surface area contributed by atoms with Crippen LogP contribution in [0.1, 0.15) is 18.4 Å². The van der Waals surface area contributed by atoms with Crippen LogP contribution in [0.15, 0.2) is 23.1 Å². The lowest BCUT2D eigenvalue weighted by atomic mass is 9.97. The molecule has 0 aromatic carbocycles. The first-order valence-corrected chi connectivity index (χ1v) is 7.03. The molecule has 0 bridgehead atoms. The number of alkyl halides is 3. The van der Waals surface area contributed by atoms with Gasteiger partial charge < -0.3 is 15.2 Å². The molecule has 0 aliphatic carbocycles. The summed E-state index contributed by atoms with van der Waals surface area (Å²) in [6.45, 7) is 0.00639. The van der Waals surface area contributed by atoms with Gasteiger partial charge in [0.1, 0.15) is 6.54 Å². The van der Waals surface area contributed by atoms with Gasteiger partial charge in [0.2, 0.25) is 11.8 Å². The Hall–Kier alpha value is -2.32. The number of primary amides is 1. The Morgan fingerprint density at radius 1 is 1.30 bits per heavy atom. The average molecular weight is 331 g/mol. The summed E-state index contributed by atoms with van der Waals surface area (Å²) in [5.74, 6) is -1.50. The summed E-state index contributed by atoms with van der Waals surface area (Å²) in [5, 5.41) is 0. The van der Waals surface area contributed by atoms with Crippen LogP contribution in [-0.2, 0) is 22.3 Å². The van der Waals surface area contributed by atoms with Crippen molar-refractivity contribution >= 4 is 11.8 Å². The van der Waals surface area contributed by atoms with Crippen molar-refractivity contribution in [1.29, 1.82) is 0 Å². The molecule has 1 fully saturated rings. The van der Waals surface area contributed by atoms with E-state index >= 15 is 0 Å². The van der Waals surface area contributed by atoms with Crippen LogP contribution in [0.2, 0.25) is 0 Å². The smallest absolute Gasteiger partial charge is 0.369 e. The van der Waals surface area contributed by atoms with Crippen molar-refractivity contribution in [3.05, 3.63) is 34.2 Å². The second-order valence-corrected chi connectivity index (χ2v) is 5.46. The summed E-state index contributed by atoms with van der Waals surface area (Å²) in [6, 6.07) is 1.45. The third-order valence-corrected chi connectivity index (χ3v) is 3.79. The molecule has 2 N–H and O–H groups in total. The van der Waals surface area contributed by atoms with E-state index in [0.717, 1.165) is 10.6 Å². The highest BCUT2D eigenvalue weighted by atomic mass is 19.4. The number of piperidine rings is 1. The number of pyridine rings is 1. The molecule has 1 saturated heterocycles. The number of carbonyl (C=O) groups excluding carboxylic acids is 2. The largest absolute Gasteiger partial charge is 0.417 e. The highest BCUT2D eigenvalue weighted by molar-refractivity contribution is 5.80. The van der Waals surface area contributed by atoms with Gasteiger partial charge in [-0.05, 0) is 18.9 Å². The van der Waals surface area contributed by atoms with Crippen molar-refractivity contribution in [3.63, 3.8) is 0 Å². The van der Waals surface area contributed by atoms with E-state index in [1.54, 1.807) is 0 Å². The molecular formula is C14H16F3N3O3. The number of hydrogen-bond donors (Lipinski definition) is 1. The van der Waals surface area contributed by atoms with Crippen molar-refractivity contribution in [2.24, 2.45) is 11.7 Å². The van der Waals surface area contributed by atoms with Gasteiger partial charge in [-0.3, -0.25) is 14.4 Å². The van der Waals surface area contributed by atoms with E-state index in [2.05, 4.69) is 0 Å². The molecule has 1 aromatic rings. The molecule has 0 spiro atoms. The van der Waals surface area contributed by atoms with Gasteiger partial charge in [0.25, 0.3) is 5.56 Å². The minimum absolute atomic E-state index is 0.127. The van der Waals surface area contributed by atoms with Gasteiger partial charge in [-0.1, -0.05) is 0 Å². The third-order valence-electron chi connectivity index (χ3n) is 3.79. The molecule has 1 atom stereocenters. The predicted molar refractivity (Wildman–Crippen MR) is 74.2 cm³/mol. The van der Waals surface area contributed by atoms with Crippen molar-refractivity contribution in [3.8, 4) is 0 Å². The summed E-state index contributed by atoms with van der Waals surface area (Å²) in [5.41, 5.74) is 3.52. The summed E-state index contributed by atoms with van der Waals surface area (Å²) in [4.78, 5) is 36.4. The van der Waals surface area contributed by atoms with Crippen LogP contribution in [0.4, 0.5) is 13.2 Å². The third kappa shape index (κ3) is 4.11. The van der Waals surface area contributed by atoms with E-state index in [1.807, 2.05) is 0 Å². The minimum Gasteiger partial charge on any atom is -0.369 e. The van der Waals surface area contributed by atoms with E-state index < -0.39 is 41.6 Å². The van der Waals surface area contributed by atoms with Crippen LogP contribution in [0.5, 0.6) is 0 Å². The van der Waals surface area contributed by atoms with Crippen molar-refractivity contribution in [2.75, 3.05) is 13.1 Å². The maximum Gasteiger partial charge on any atom is 0.417 e. The fraction of sp³-hybridized carbons (Fsp3) is 0.500. The number of nitrogens with two attached hydrogens (primary N) is 1. The van der Waals surface area contributed by atoms with Crippen LogP contribution < -0.4 is 11.3 Å². The van der Waals surface area contributed by atoms with Gasteiger partial charge in [0, 0.05) is 25.4 Å². The SMILES string of the molecule is NC(=O)[C@@H]1CCCN(C(=O)Cn2cc(C(F)(F)F)ccc2=O)C1. The zero-order valence-electron chi connectivity index (χ0n) is 12.2. The van der Waals surface area contributed by atoms with Crippen LogP contribution >= 0.6 is 0 Å². The van der Waals surface area contributed by atoms with Gasteiger partial charge in [-0.15, -0.1) is 0 Å². The molecule has 1 aliphatic rings. The van der Waals surface area contributed by atoms with Crippen molar-refractivity contribution < 1.29 is 22.8 Å². The minimum atomic E-state index is -4.60. The fourth-order valence-corrected chi connectivity index (χ4v) is 2.50. The Balaban J connectivity index is 2.14. The van der Waals surface area contributed by atoms with Gasteiger partial charge in [-0.25, -0.2) is 0 Å². The number of rotatable bonds is 3. The Bertz CT molecular complexity index is 669. The molecule has 1 aliphatic heterocycles. The number of halogens is 3. The number of carbonyl (C=O) groups is 2. The summed E-state index contributed by atoms with van der Waals surface area (Å²) < 4.78 is 38.7. The summed E-state index contributed by atoms with van der Waals surface area (Å²) in [7, 11) is 0. The first kappa shape index (κ1) is 17.0. The molecule has 0 radical (unpaired) electrons. The Morgan fingerprint density at radius 2 is 2.00 bits per heavy atom. The van der Waals surface area contributed by atoms with Crippen molar-refractivity contribution in [2.45, 2.75) is 25.6 Å². The molecule has 9 heteroatoms. The molecule has 2 rings (SSSR count). The Kier molecular flexibility index (Phi) is 4.76. The van der Waals surface area contributed by atoms with E-state index in [0.29, 0.717) is 31.6 Å². The lowest BCUT2D eigenvalue weighted by Crippen LogP contribution is -2.45. The standard InChI is InChI=1S/C14H16F3N3O3/c15-14(16,17)10-3-4-11(21)20(7-10)8-12(22)19-5-1-2-9(6-19)13(18)23/h3-4,7,9H,1-2,5-6,8H2,(H2,18,23)/t9-/m1/s1. The quantitative estimate of drug-likeness (QED) is 0.880. The number of likely N-dealkylation sites (tertiary alicyclic amines) is 1. The van der Waals surface area contributed by atoms with Gasteiger partial charge >= 0.3 is 6.18 Å². The van der Waals surface area contributed by atoms with Crippen LogP contribution in [-0.4, -0.2) is 34.4 Å². The topological polar surface area (TPSA) is 85.4 Å². The van der Waals surface area contributed by atoms with E-state index in [-0.39, 0.29) is 6.54 Å². The zero-order valence-corrected chi connectivity index (χ0v) is 12.2. The molecule has 23 heavy (non-hydrogen) atoms. The normalized spacial score (nSPS) is 18.7. The first-order chi connectivity index (χ1) is 10.7. The van der Waals surface area contributed by atoms with Gasteiger partial charge in [-0.2, -0.15) is 13.2 Å². The monoisotopic (exact) mass is 331 g/mol. The van der Waals surface area contributed by atoms with Gasteiger partial charge in [0.15, 0.2) is 0 Å². The molecule has 126 valence electrons. The maximum absolute atomic E-state index is 12.7. The van der Waals surface area contributed by atoms with E-state index in [4.69, 9.17) is 5.73 Å². The Morgan fingerprint density at radius 3 is 2.61 bits per heavy atom.